The van der Waals surface area contributed by atoms with E-state index in [1.165, 1.54) is 11.1 Å². The predicted octanol–water partition coefficient (Wildman–Crippen LogP) is 4.53. The van der Waals surface area contributed by atoms with Crippen LogP contribution in [-0.2, 0) is 0 Å². The quantitative estimate of drug-likeness (QED) is 0.724. The first-order valence-electron chi connectivity index (χ1n) is 5.30. The van der Waals surface area contributed by atoms with Gasteiger partial charge in [0.05, 0.1) is 0 Å². The van der Waals surface area contributed by atoms with Gasteiger partial charge in [-0.15, -0.1) is 0 Å². The molecule has 1 aromatic rings. The van der Waals surface area contributed by atoms with Crippen molar-refractivity contribution in [3.8, 4) is 0 Å². The smallest absolute Gasteiger partial charge is 0.0387 e. The summed E-state index contributed by atoms with van der Waals surface area (Å²) >= 11 is 0. The van der Waals surface area contributed by atoms with Gasteiger partial charge >= 0.3 is 0 Å². The Bertz CT molecular complexity index is 453. The van der Waals surface area contributed by atoms with E-state index < -0.39 is 0 Å². The fourth-order valence-corrected chi connectivity index (χ4v) is 1.50. The van der Waals surface area contributed by atoms with Crippen LogP contribution in [0, 0.1) is 6.92 Å². The number of aryl methyl sites for hydroxylation is 1. The fourth-order valence-electron chi connectivity index (χ4n) is 1.50. The Hall–Kier alpha value is -1.76. The molecule has 1 rings (SSSR count). The van der Waals surface area contributed by atoms with E-state index in [9.17, 15) is 0 Å². The zero-order valence-corrected chi connectivity index (χ0v) is 10.4. The lowest BCUT2D eigenvalue weighted by Crippen LogP contribution is -1.99. The molecule has 0 spiro atoms. The van der Waals surface area contributed by atoms with Gasteiger partial charge in [0.25, 0.3) is 0 Å². The average Bonchev–Trinajstić information content (AvgIpc) is 2.16. The Morgan fingerprint density at radius 3 is 2.19 bits per heavy atom. The molecule has 84 valence electrons. The zero-order chi connectivity index (χ0) is 12.3. The van der Waals surface area contributed by atoms with E-state index in [0.29, 0.717) is 0 Å². The summed E-state index contributed by atoms with van der Waals surface area (Å²) in [5, 5.41) is 3.22. The number of rotatable bonds is 4. The molecule has 1 heteroatoms. The lowest BCUT2D eigenvalue weighted by molar-refractivity contribution is 1.34. The first kappa shape index (κ1) is 12.3. The zero-order valence-electron chi connectivity index (χ0n) is 10.4. The van der Waals surface area contributed by atoms with Crippen LogP contribution in [0.25, 0.3) is 5.57 Å². The van der Waals surface area contributed by atoms with Gasteiger partial charge in [-0.05, 0) is 49.6 Å². The van der Waals surface area contributed by atoms with E-state index in [2.05, 4.69) is 44.1 Å². The molecule has 0 atom stereocenters. The molecule has 0 radical (unpaired) electrons. The first-order chi connectivity index (χ1) is 7.41. The van der Waals surface area contributed by atoms with E-state index in [-0.39, 0.29) is 0 Å². The Morgan fingerprint density at radius 1 is 1.12 bits per heavy atom. The van der Waals surface area contributed by atoms with Gasteiger partial charge in [-0.1, -0.05) is 31.4 Å². The third kappa shape index (κ3) is 2.86. The highest BCUT2D eigenvalue weighted by Gasteiger charge is 2.01. The van der Waals surface area contributed by atoms with Crippen LogP contribution in [0.1, 0.15) is 25.0 Å². The highest BCUT2D eigenvalue weighted by Crippen LogP contribution is 2.22. The Kier molecular flexibility index (Phi) is 3.73. The second-order valence-electron chi connectivity index (χ2n) is 4.19. The van der Waals surface area contributed by atoms with E-state index >= 15 is 0 Å². The summed E-state index contributed by atoms with van der Waals surface area (Å²) in [5.74, 6) is 0. The summed E-state index contributed by atoms with van der Waals surface area (Å²) < 4.78 is 0. The standard InChI is InChI=1S/C15H19N/c1-10(2)13(6)16-14-7-8-15(11(3)4)12(5)9-14/h7-9,16H,1,3,6H2,2,4-5H3. The molecular weight excluding hydrogens is 194 g/mol. The predicted molar refractivity (Wildman–Crippen MR) is 73.5 cm³/mol. The molecular formula is C15H19N. The van der Waals surface area contributed by atoms with Crippen molar-refractivity contribution >= 4 is 11.3 Å². The molecule has 1 N–H and O–H groups in total. The van der Waals surface area contributed by atoms with Crippen LogP contribution in [0.2, 0.25) is 0 Å². The number of hydrogen-bond acceptors (Lipinski definition) is 1. The summed E-state index contributed by atoms with van der Waals surface area (Å²) in [6, 6.07) is 6.20. The van der Waals surface area contributed by atoms with Gasteiger partial charge in [0.15, 0.2) is 0 Å². The molecule has 0 aliphatic carbocycles. The maximum atomic E-state index is 3.95. The Morgan fingerprint density at radius 2 is 1.75 bits per heavy atom. The van der Waals surface area contributed by atoms with Crippen LogP contribution in [0.15, 0.2) is 49.2 Å². The van der Waals surface area contributed by atoms with Crippen molar-refractivity contribution in [3.05, 3.63) is 60.3 Å². The van der Waals surface area contributed by atoms with Gasteiger partial charge in [0, 0.05) is 11.4 Å². The molecule has 0 amide bonds. The Balaban J connectivity index is 2.94. The fraction of sp³-hybridized carbons (Fsp3) is 0.200. The van der Waals surface area contributed by atoms with Crippen molar-refractivity contribution in [3.63, 3.8) is 0 Å². The van der Waals surface area contributed by atoms with Gasteiger partial charge in [-0.2, -0.15) is 0 Å². The van der Waals surface area contributed by atoms with Crippen molar-refractivity contribution < 1.29 is 0 Å². The number of anilines is 1. The topological polar surface area (TPSA) is 12.0 Å². The van der Waals surface area contributed by atoms with Crippen molar-refractivity contribution in [2.75, 3.05) is 5.32 Å². The molecule has 16 heavy (non-hydrogen) atoms. The minimum Gasteiger partial charge on any atom is -0.356 e. The molecule has 0 bridgehead atoms. The van der Waals surface area contributed by atoms with E-state index in [4.69, 9.17) is 0 Å². The molecule has 0 aliphatic rings. The highest BCUT2D eigenvalue weighted by atomic mass is 14.9. The van der Waals surface area contributed by atoms with Crippen LogP contribution in [0.5, 0.6) is 0 Å². The largest absolute Gasteiger partial charge is 0.356 e. The maximum Gasteiger partial charge on any atom is 0.0387 e. The average molecular weight is 213 g/mol. The van der Waals surface area contributed by atoms with Crippen LogP contribution >= 0.6 is 0 Å². The minimum absolute atomic E-state index is 0.850. The third-order valence-electron chi connectivity index (χ3n) is 2.50. The third-order valence-corrected chi connectivity index (χ3v) is 2.50. The summed E-state index contributed by atoms with van der Waals surface area (Å²) in [6.45, 7) is 17.7. The molecule has 0 saturated carbocycles. The number of hydrogen-bond donors (Lipinski definition) is 1. The molecule has 0 heterocycles. The first-order valence-corrected chi connectivity index (χ1v) is 5.30. The van der Waals surface area contributed by atoms with Crippen LogP contribution in [0.3, 0.4) is 0 Å². The molecule has 0 aliphatic heterocycles. The van der Waals surface area contributed by atoms with E-state index in [1.807, 2.05) is 19.9 Å². The number of benzene rings is 1. The molecule has 0 aromatic heterocycles. The summed E-state index contributed by atoms with van der Waals surface area (Å²) in [6.07, 6.45) is 0. The van der Waals surface area contributed by atoms with Gasteiger partial charge in [0.2, 0.25) is 0 Å². The summed E-state index contributed by atoms with van der Waals surface area (Å²) in [7, 11) is 0. The van der Waals surface area contributed by atoms with Crippen molar-refractivity contribution in [1.29, 1.82) is 0 Å². The van der Waals surface area contributed by atoms with Crippen LogP contribution in [0.4, 0.5) is 5.69 Å². The molecule has 1 nitrogen and oxygen atoms in total. The second-order valence-corrected chi connectivity index (χ2v) is 4.19. The van der Waals surface area contributed by atoms with E-state index in [0.717, 1.165) is 22.5 Å². The summed E-state index contributed by atoms with van der Waals surface area (Å²) in [5.41, 5.74) is 6.33. The monoisotopic (exact) mass is 213 g/mol. The SMILES string of the molecule is C=C(C)C(=C)Nc1ccc(C(=C)C)c(C)c1. The minimum atomic E-state index is 0.850. The molecule has 1 aromatic carbocycles. The summed E-state index contributed by atoms with van der Waals surface area (Å²) in [4.78, 5) is 0. The lowest BCUT2D eigenvalue weighted by atomic mass is 10.0. The lowest BCUT2D eigenvalue weighted by Gasteiger charge is -2.12. The second kappa shape index (κ2) is 4.84. The maximum absolute atomic E-state index is 3.95. The number of nitrogens with one attached hydrogen (secondary N) is 1. The van der Waals surface area contributed by atoms with E-state index in [1.54, 1.807) is 0 Å². The molecule has 0 unspecified atom stereocenters. The van der Waals surface area contributed by atoms with Crippen molar-refractivity contribution in [1.82, 2.24) is 0 Å². The van der Waals surface area contributed by atoms with Gasteiger partial charge in [0.1, 0.15) is 0 Å². The molecule has 0 fully saturated rings. The van der Waals surface area contributed by atoms with Crippen molar-refractivity contribution in [2.45, 2.75) is 20.8 Å². The van der Waals surface area contributed by atoms with Crippen LogP contribution < -0.4 is 5.32 Å². The van der Waals surface area contributed by atoms with Gasteiger partial charge in [-0.3, -0.25) is 0 Å². The highest BCUT2D eigenvalue weighted by molar-refractivity contribution is 5.67. The van der Waals surface area contributed by atoms with Crippen LogP contribution in [-0.4, -0.2) is 0 Å². The Labute approximate surface area is 98.2 Å². The van der Waals surface area contributed by atoms with Gasteiger partial charge in [-0.25, -0.2) is 0 Å². The normalized spacial score (nSPS) is 9.69. The number of allylic oxidation sites excluding steroid dienone is 2. The van der Waals surface area contributed by atoms with Crippen molar-refractivity contribution in [2.24, 2.45) is 0 Å². The molecule has 0 saturated heterocycles. The van der Waals surface area contributed by atoms with Gasteiger partial charge < -0.3 is 5.32 Å².